The molecule has 2 heterocycles. The van der Waals surface area contributed by atoms with Crippen LogP contribution in [-0.4, -0.2) is 17.4 Å². The van der Waals surface area contributed by atoms with E-state index in [0.29, 0.717) is 11.9 Å². The van der Waals surface area contributed by atoms with Crippen LogP contribution >= 0.6 is 11.3 Å². The van der Waals surface area contributed by atoms with Gasteiger partial charge in [-0.15, -0.1) is 11.3 Å². The molecule has 0 radical (unpaired) electrons. The molecule has 3 rings (SSSR count). The Morgan fingerprint density at radius 2 is 2.24 bits per heavy atom. The average Bonchev–Trinajstić information content (AvgIpc) is 3.03. The molecular weight excluding hydrogens is 230 g/mol. The molecule has 1 unspecified atom stereocenters. The minimum absolute atomic E-state index is 0.122. The summed E-state index contributed by atoms with van der Waals surface area (Å²) < 4.78 is 0. The molecule has 0 N–H and O–H groups in total. The maximum atomic E-state index is 12.3. The van der Waals surface area contributed by atoms with Crippen molar-refractivity contribution in [1.82, 2.24) is 4.90 Å². The number of rotatable bonds is 2. The predicted octanol–water partition coefficient (Wildman–Crippen LogP) is 3.24. The quantitative estimate of drug-likeness (QED) is 0.788. The Hall–Kier alpha value is -0.830. The van der Waals surface area contributed by atoms with Crippen molar-refractivity contribution in [2.45, 2.75) is 39.2 Å². The third-order valence-electron chi connectivity index (χ3n) is 3.86. The number of carbonyl (C=O) groups is 1. The highest BCUT2D eigenvalue weighted by Gasteiger charge is 2.42. The summed E-state index contributed by atoms with van der Waals surface area (Å²) >= 11 is 1.86. The van der Waals surface area contributed by atoms with Crippen molar-refractivity contribution in [2.75, 3.05) is 6.54 Å². The van der Waals surface area contributed by atoms with Gasteiger partial charge in [-0.1, -0.05) is 13.8 Å². The van der Waals surface area contributed by atoms with Gasteiger partial charge in [0.2, 0.25) is 5.91 Å². The topological polar surface area (TPSA) is 20.3 Å². The predicted molar refractivity (Wildman–Crippen MR) is 70.0 cm³/mol. The summed E-state index contributed by atoms with van der Waals surface area (Å²) in [5.41, 5.74) is 1.44. The van der Waals surface area contributed by atoms with E-state index < -0.39 is 0 Å². The van der Waals surface area contributed by atoms with Crippen molar-refractivity contribution in [2.24, 2.45) is 11.8 Å². The molecule has 1 fully saturated rings. The molecule has 1 aromatic heterocycles. The zero-order valence-electron chi connectivity index (χ0n) is 10.5. The highest BCUT2D eigenvalue weighted by atomic mass is 32.1. The molecule has 92 valence electrons. The fourth-order valence-corrected chi connectivity index (χ4v) is 3.76. The van der Waals surface area contributed by atoms with Crippen LogP contribution in [0.4, 0.5) is 0 Å². The normalized spacial score (nSPS) is 23.9. The van der Waals surface area contributed by atoms with Gasteiger partial charge in [0.25, 0.3) is 0 Å². The fourth-order valence-electron chi connectivity index (χ4n) is 2.85. The Balaban J connectivity index is 1.93. The van der Waals surface area contributed by atoms with Crippen molar-refractivity contribution >= 4 is 17.2 Å². The Bertz CT molecular complexity index is 433. The molecule has 0 spiro atoms. The van der Waals surface area contributed by atoms with Gasteiger partial charge in [-0.05, 0) is 42.2 Å². The van der Waals surface area contributed by atoms with E-state index in [0.717, 1.165) is 18.9 Å². The first-order chi connectivity index (χ1) is 8.18. The second-order valence-corrected chi connectivity index (χ2v) is 6.52. The second-order valence-electron chi connectivity index (χ2n) is 5.52. The van der Waals surface area contributed by atoms with Crippen molar-refractivity contribution in [1.29, 1.82) is 0 Å². The first kappa shape index (κ1) is 11.3. The number of amides is 1. The Kier molecular flexibility index (Phi) is 2.74. The van der Waals surface area contributed by atoms with Gasteiger partial charge in [0.05, 0.1) is 6.04 Å². The van der Waals surface area contributed by atoms with Gasteiger partial charge < -0.3 is 4.90 Å². The van der Waals surface area contributed by atoms with E-state index in [1.807, 2.05) is 25.2 Å². The fraction of sp³-hybridized carbons (Fsp3) is 0.643. The third kappa shape index (κ3) is 1.90. The lowest BCUT2D eigenvalue weighted by Crippen LogP contribution is -2.42. The SMILES string of the molecule is CC(C)C(=O)N1CCc2sccc2C1C1CC1. The molecular formula is C14H19NOS. The Labute approximate surface area is 107 Å². The van der Waals surface area contributed by atoms with Gasteiger partial charge in [-0.25, -0.2) is 0 Å². The lowest BCUT2D eigenvalue weighted by molar-refractivity contribution is -0.138. The van der Waals surface area contributed by atoms with Crippen LogP contribution in [0.3, 0.4) is 0 Å². The van der Waals surface area contributed by atoms with Crippen LogP contribution in [0.1, 0.15) is 43.2 Å². The van der Waals surface area contributed by atoms with E-state index in [2.05, 4.69) is 16.3 Å². The minimum atomic E-state index is 0.122. The number of fused-ring (bicyclic) bond motifs is 1. The molecule has 1 saturated carbocycles. The number of hydrogen-bond donors (Lipinski definition) is 0. The van der Waals surface area contributed by atoms with Gasteiger partial charge in [-0.2, -0.15) is 0 Å². The molecule has 0 aromatic carbocycles. The van der Waals surface area contributed by atoms with Crippen LogP contribution in [0, 0.1) is 11.8 Å². The molecule has 1 atom stereocenters. The van der Waals surface area contributed by atoms with Gasteiger partial charge in [-0.3, -0.25) is 4.79 Å². The highest BCUT2D eigenvalue weighted by Crippen LogP contribution is 2.48. The van der Waals surface area contributed by atoms with Gasteiger partial charge in [0, 0.05) is 17.3 Å². The van der Waals surface area contributed by atoms with Crippen molar-refractivity contribution < 1.29 is 4.79 Å². The van der Waals surface area contributed by atoms with Crippen LogP contribution in [0.25, 0.3) is 0 Å². The number of thiophene rings is 1. The van der Waals surface area contributed by atoms with Crippen LogP contribution in [0.5, 0.6) is 0 Å². The molecule has 1 aliphatic carbocycles. The molecule has 1 aliphatic heterocycles. The zero-order chi connectivity index (χ0) is 12.0. The summed E-state index contributed by atoms with van der Waals surface area (Å²) in [6.07, 6.45) is 3.64. The number of carbonyl (C=O) groups excluding carboxylic acids is 1. The summed E-state index contributed by atoms with van der Waals surface area (Å²) in [7, 11) is 0. The minimum Gasteiger partial charge on any atom is -0.335 e. The molecule has 0 bridgehead atoms. The van der Waals surface area contributed by atoms with Crippen molar-refractivity contribution in [3.05, 3.63) is 21.9 Å². The Morgan fingerprint density at radius 1 is 1.47 bits per heavy atom. The van der Waals surface area contributed by atoms with E-state index in [1.165, 1.54) is 23.3 Å². The third-order valence-corrected chi connectivity index (χ3v) is 4.86. The number of nitrogens with zero attached hydrogens (tertiary/aromatic N) is 1. The summed E-state index contributed by atoms with van der Waals surface area (Å²) in [5, 5.41) is 2.18. The van der Waals surface area contributed by atoms with Crippen LogP contribution in [-0.2, 0) is 11.2 Å². The number of hydrogen-bond acceptors (Lipinski definition) is 2. The Morgan fingerprint density at radius 3 is 2.88 bits per heavy atom. The maximum Gasteiger partial charge on any atom is 0.225 e. The molecule has 0 saturated heterocycles. The van der Waals surface area contributed by atoms with Crippen molar-refractivity contribution in [3.8, 4) is 0 Å². The molecule has 1 amide bonds. The summed E-state index contributed by atoms with van der Waals surface area (Å²) in [6.45, 7) is 4.94. The van der Waals surface area contributed by atoms with Crippen molar-refractivity contribution in [3.63, 3.8) is 0 Å². The molecule has 2 aliphatic rings. The summed E-state index contributed by atoms with van der Waals surface area (Å²) in [4.78, 5) is 16.0. The van der Waals surface area contributed by atoms with Gasteiger partial charge in [0.1, 0.15) is 0 Å². The van der Waals surface area contributed by atoms with Crippen LogP contribution in [0.2, 0.25) is 0 Å². The first-order valence-corrected chi connectivity index (χ1v) is 7.43. The summed E-state index contributed by atoms with van der Waals surface area (Å²) in [5.74, 6) is 1.18. The van der Waals surface area contributed by atoms with Gasteiger partial charge in [0.15, 0.2) is 0 Å². The summed E-state index contributed by atoms with van der Waals surface area (Å²) in [6, 6.07) is 2.63. The lowest BCUT2D eigenvalue weighted by Gasteiger charge is -2.37. The van der Waals surface area contributed by atoms with E-state index in [-0.39, 0.29) is 5.92 Å². The van der Waals surface area contributed by atoms with Gasteiger partial charge >= 0.3 is 0 Å². The first-order valence-electron chi connectivity index (χ1n) is 6.55. The van der Waals surface area contributed by atoms with E-state index in [1.54, 1.807) is 0 Å². The lowest BCUT2D eigenvalue weighted by atomic mass is 9.94. The van der Waals surface area contributed by atoms with Crippen LogP contribution < -0.4 is 0 Å². The van der Waals surface area contributed by atoms with E-state index in [4.69, 9.17) is 0 Å². The van der Waals surface area contributed by atoms with Crippen LogP contribution in [0.15, 0.2) is 11.4 Å². The van der Waals surface area contributed by atoms with E-state index in [9.17, 15) is 4.79 Å². The average molecular weight is 249 g/mol. The molecule has 2 nitrogen and oxygen atoms in total. The maximum absolute atomic E-state index is 12.3. The van der Waals surface area contributed by atoms with E-state index >= 15 is 0 Å². The second kappa shape index (κ2) is 4.13. The standard InChI is InChI=1S/C14H19NOS/c1-9(2)14(16)15-7-5-12-11(6-8-17-12)13(15)10-3-4-10/h6,8-10,13H,3-5,7H2,1-2H3. The zero-order valence-corrected chi connectivity index (χ0v) is 11.3. The highest BCUT2D eigenvalue weighted by molar-refractivity contribution is 7.10. The molecule has 1 aromatic rings. The monoisotopic (exact) mass is 249 g/mol. The molecule has 3 heteroatoms. The molecule has 17 heavy (non-hydrogen) atoms. The largest absolute Gasteiger partial charge is 0.335 e. The smallest absolute Gasteiger partial charge is 0.225 e.